The van der Waals surface area contributed by atoms with Crippen molar-refractivity contribution in [3.63, 3.8) is 0 Å². The summed E-state index contributed by atoms with van der Waals surface area (Å²) in [6.45, 7) is 4.51. The first-order valence-electron chi connectivity index (χ1n) is 6.86. The van der Waals surface area contributed by atoms with E-state index in [9.17, 15) is 9.70 Å². The molecule has 0 N–H and O–H groups in total. The van der Waals surface area contributed by atoms with Crippen molar-refractivity contribution in [2.45, 2.75) is 39.2 Å². The van der Waals surface area contributed by atoms with Crippen LogP contribution in [-0.2, 0) is 9.53 Å². The molecular formula is C15H21NO4. The summed E-state index contributed by atoms with van der Waals surface area (Å²) in [4.78, 5) is 21.9. The molecule has 0 aromatic heterocycles. The Hall–Kier alpha value is -1.91. The lowest BCUT2D eigenvalue weighted by atomic mass is 10.1. The third-order valence-corrected chi connectivity index (χ3v) is 2.91. The zero-order valence-corrected chi connectivity index (χ0v) is 12.0. The number of carbonyl (C=O) groups is 1. The number of aryl methyl sites for hydroxylation is 1. The van der Waals surface area contributed by atoms with Crippen LogP contribution in [0, 0.1) is 11.8 Å². The second kappa shape index (κ2) is 9.07. The number of benzene rings is 1. The summed E-state index contributed by atoms with van der Waals surface area (Å²) in [5, 5.41) is 2.81. The van der Waals surface area contributed by atoms with Crippen molar-refractivity contribution in [1.82, 2.24) is 0 Å². The predicted octanol–water partition coefficient (Wildman–Crippen LogP) is 3.24. The fourth-order valence-corrected chi connectivity index (χ4v) is 1.79. The van der Waals surface area contributed by atoms with Gasteiger partial charge in [-0.05, 0) is 44.7 Å². The second-order valence-corrected chi connectivity index (χ2v) is 4.48. The van der Waals surface area contributed by atoms with Crippen molar-refractivity contribution < 1.29 is 14.3 Å². The van der Waals surface area contributed by atoms with Crippen LogP contribution < -0.4 is 4.74 Å². The highest BCUT2D eigenvalue weighted by Crippen LogP contribution is 2.16. The number of para-hydroxylation sites is 1. The first-order chi connectivity index (χ1) is 9.69. The highest BCUT2D eigenvalue weighted by atomic mass is 16.5. The lowest BCUT2D eigenvalue weighted by molar-refractivity contribution is -0.144. The fourth-order valence-electron chi connectivity index (χ4n) is 1.79. The van der Waals surface area contributed by atoms with Gasteiger partial charge in [0, 0.05) is 0 Å². The minimum atomic E-state index is -0.895. The largest absolute Gasteiger partial charge is 0.493 e. The van der Waals surface area contributed by atoms with Crippen LogP contribution in [-0.4, -0.2) is 25.2 Å². The summed E-state index contributed by atoms with van der Waals surface area (Å²) in [7, 11) is 0. The van der Waals surface area contributed by atoms with Gasteiger partial charge >= 0.3 is 5.97 Å². The molecule has 0 heterocycles. The number of rotatable bonds is 9. The summed E-state index contributed by atoms with van der Waals surface area (Å²) in [5.74, 6) is 0.324. The van der Waals surface area contributed by atoms with E-state index in [-0.39, 0.29) is 6.61 Å². The van der Waals surface area contributed by atoms with Crippen LogP contribution in [0.15, 0.2) is 29.4 Å². The summed E-state index contributed by atoms with van der Waals surface area (Å²) in [6.07, 6.45) is 1.86. The van der Waals surface area contributed by atoms with Gasteiger partial charge in [-0.25, -0.2) is 4.79 Å². The molecule has 1 atom stereocenters. The Kier molecular flexibility index (Phi) is 7.32. The molecule has 0 radical (unpaired) electrons. The van der Waals surface area contributed by atoms with Crippen LogP contribution >= 0.6 is 0 Å². The highest BCUT2D eigenvalue weighted by molar-refractivity contribution is 5.75. The van der Waals surface area contributed by atoms with E-state index in [1.165, 1.54) is 0 Å². The van der Waals surface area contributed by atoms with Crippen LogP contribution in [0.25, 0.3) is 0 Å². The van der Waals surface area contributed by atoms with Crippen molar-refractivity contribution in [1.29, 1.82) is 0 Å². The first kappa shape index (κ1) is 16.1. The normalized spacial score (nSPS) is 11.7. The van der Waals surface area contributed by atoms with Crippen molar-refractivity contribution >= 4 is 5.97 Å². The molecule has 0 aliphatic carbocycles. The summed E-state index contributed by atoms with van der Waals surface area (Å²) < 4.78 is 10.4. The van der Waals surface area contributed by atoms with E-state index < -0.39 is 12.0 Å². The van der Waals surface area contributed by atoms with Crippen molar-refractivity contribution in [3.8, 4) is 5.75 Å². The Labute approximate surface area is 119 Å². The van der Waals surface area contributed by atoms with Gasteiger partial charge in [0.15, 0.2) is 6.04 Å². The lowest BCUT2D eigenvalue weighted by Gasteiger charge is -2.10. The lowest BCUT2D eigenvalue weighted by Crippen LogP contribution is -2.21. The minimum absolute atomic E-state index is 0.265. The third-order valence-electron chi connectivity index (χ3n) is 2.91. The van der Waals surface area contributed by atoms with Crippen molar-refractivity contribution in [3.05, 3.63) is 34.7 Å². The molecule has 1 unspecified atom stereocenters. The Morgan fingerprint density at radius 1 is 1.30 bits per heavy atom. The second-order valence-electron chi connectivity index (χ2n) is 4.48. The van der Waals surface area contributed by atoms with Gasteiger partial charge in [-0.15, -0.1) is 4.91 Å². The first-order valence-corrected chi connectivity index (χ1v) is 6.86. The number of esters is 1. The molecule has 5 heteroatoms. The van der Waals surface area contributed by atoms with Gasteiger partial charge in [-0.2, -0.15) is 0 Å². The molecule has 1 aromatic rings. The smallest absolute Gasteiger partial charge is 0.334 e. The zero-order valence-electron chi connectivity index (χ0n) is 12.0. The Morgan fingerprint density at radius 3 is 2.70 bits per heavy atom. The average molecular weight is 279 g/mol. The molecule has 0 fully saturated rings. The van der Waals surface area contributed by atoms with E-state index in [4.69, 9.17) is 9.47 Å². The molecule has 5 nitrogen and oxygen atoms in total. The standard InChI is InChI=1S/C15H21NO4/c1-3-19-15(17)13(16-18)9-6-7-11-20-14-10-5-4-8-12(14)2/h4-5,8,10,13H,3,6-7,9,11H2,1-2H3. The third kappa shape index (κ3) is 5.38. The molecule has 20 heavy (non-hydrogen) atoms. The van der Waals surface area contributed by atoms with Crippen LogP contribution in [0.5, 0.6) is 5.75 Å². The molecule has 0 saturated carbocycles. The Morgan fingerprint density at radius 2 is 2.05 bits per heavy atom. The van der Waals surface area contributed by atoms with E-state index in [1.54, 1.807) is 6.92 Å². The molecule has 0 spiro atoms. The van der Waals surface area contributed by atoms with Crippen molar-refractivity contribution in [2.75, 3.05) is 13.2 Å². The topological polar surface area (TPSA) is 65.0 Å². The van der Waals surface area contributed by atoms with E-state index in [0.717, 1.165) is 17.7 Å². The maximum Gasteiger partial charge on any atom is 0.334 e. The van der Waals surface area contributed by atoms with Gasteiger partial charge in [0.05, 0.1) is 13.2 Å². The van der Waals surface area contributed by atoms with Crippen molar-refractivity contribution in [2.24, 2.45) is 5.18 Å². The number of hydrogen-bond donors (Lipinski definition) is 0. The number of nitrogens with zero attached hydrogens (tertiary/aromatic N) is 1. The van der Waals surface area contributed by atoms with E-state index in [0.29, 0.717) is 19.4 Å². The van der Waals surface area contributed by atoms with E-state index in [2.05, 4.69) is 5.18 Å². The Bertz CT molecular complexity index is 434. The molecule has 1 aromatic carbocycles. The van der Waals surface area contributed by atoms with Gasteiger partial charge < -0.3 is 9.47 Å². The summed E-state index contributed by atoms with van der Waals surface area (Å²) >= 11 is 0. The molecule has 1 rings (SSSR count). The van der Waals surface area contributed by atoms with Gasteiger partial charge in [0.25, 0.3) is 0 Å². The molecule has 0 bridgehead atoms. The molecular weight excluding hydrogens is 258 g/mol. The maximum atomic E-state index is 11.4. The predicted molar refractivity (Wildman–Crippen MR) is 76.7 cm³/mol. The van der Waals surface area contributed by atoms with E-state index in [1.807, 2.05) is 31.2 Å². The Balaban J connectivity index is 2.23. The SMILES string of the molecule is CCOC(=O)C(CCCCOc1ccccc1C)N=O. The maximum absolute atomic E-state index is 11.4. The summed E-state index contributed by atoms with van der Waals surface area (Å²) in [6, 6.07) is 6.90. The van der Waals surface area contributed by atoms with Crippen LogP contribution in [0.1, 0.15) is 31.7 Å². The molecule has 0 aliphatic rings. The van der Waals surface area contributed by atoms with Gasteiger partial charge in [-0.3, -0.25) is 0 Å². The number of ether oxygens (including phenoxy) is 2. The average Bonchev–Trinajstić information content (AvgIpc) is 2.45. The number of nitroso groups, excluding NO2 is 1. The molecule has 0 saturated heterocycles. The van der Waals surface area contributed by atoms with Gasteiger partial charge in [0.1, 0.15) is 5.75 Å². The highest BCUT2D eigenvalue weighted by Gasteiger charge is 2.19. The molecule has 110 valence electrons. The number of hydrogen-bond acceptors (Lipinski definition) is 5. The minimum Gasteiger partial charge on any atom is -0.493 e. The number of carbonyl (C=O) groups excluding carboxylic acids is 1. The van der Waals surface area contributed by atoms with Crippen LogP contribution in [0.3, 0.4) is 0 Å². The van der Waals surface area contributed by atoms with Crippen LogP contribution in [0.4, 0.5) is 0 Å². The van der Waals surface area contributed by atoms with Gasteiger partial charge in [-0.1, -0.05) is 23.4 Å². The molecule has 0 aliphatic heterocycles. The molecule has 0 amide bonds. The zero-order chi connectivity index (χ0) is 14.8. The van der Waals surface area contributed by atoms with Gasteiger partial charge in [0.2, 0.25) is 0 Å². The van der Waals surface area contributed by atoms with E-state index >= 15 is 0 Å². The summed E-state index contributed by atoms with van der Waals surface area (Å²) in [5.41, 5.74) is 1.09. The fraction of sp³-hybridized carbons (Fsp3) is 0.533. The quantitative estimate of drug-likeness (QED) is 0.395. The number of unbranched alkanes of at least 4 members (excludes halogenated alkanes) is 1. The van der Waals surface area contributed by atoms with Crippen LogP contribution in [0.2, 0.25) is 0 Å². The monoisotopic (exact) mass is 279 g/mol.